The van der Waals surface area contributed by atoms with Gasteiger partial charge in [-0.05, 0) is 36.7 Å². The van der Waals surface area contributed by atoms with Gasteiger partial charge in [0.05, 0.1) is 0 Å². The van der Waals surface area contributed by atoms with Crippen LogP contribution in [0.5, 0.6) is 0 Å². The van der Waals surface area contributed by atoms with Gasteiger partial charge in [0.2, 0.25) is 0 Å². The molecule has 1 saturated heterocycles. The first-order chi connectivity index (χ1) is 12.7. The fourth-order valence-corrected chi connectivity index (χ4v) is 3.87. The van der Waals surface area contributed by atoms with Crippen LogP contribution in [0.2, 0.25) is 18.1 Å². The highest BCUT2D eigenvalue weighted by Gasteiger charge is 2.37. The van der Waals surface area contributed by atoms with Gasteiger partial charge < -0.3 is 14.1 Å². The number of carbonyl (C=O) groups is 1. The van der Waals surface area contributed by atoms with Crippen LogP contribution in [0.4, 0.5) is 4.79 Å². The highest BCUT2D eigenvalue weighted by atomic mass is 28.4. The summed E-state index contributed by atoms with van der Waals surface area (Å²) >= 11 is 0. The third-order valence-electron chi connectivity index (χ3n) is 5.73. The Labute approximate surface area is 165 Å². The van der Waals surface area contributed by atoms with E-state index in [1.165, 1.54) is 0 Å². The minimum atomic E-state index is -1.69. The Kier molecular flexibility index (Phi) is 7.88. The van der Waals surface area contributed by atoms with Gasteiger partial charge in [0.1, 0.15) is 6.61 Å². The number of carbonyl (C=O) groups excluding carboxylic acids is 1. The largest absolute Gasteiger partial charge is 0.445 e. The van der Waals surface area contributed by atoms with Gasteiger partial charge in [0.25, 0.3) is 0 Å². The van der Waals surface area contributed by atoms with Crippen molar-refractivity contribution >= 4 is 14.4 Å². The van der Waals surface area contributed by atoms with Crippen LogP contribution in [0.15, 0.2) is 30.3 Å². The number of rotatable bonds is 6. The summed E-state index contributed by atoms with van der Waals surface area (Å²) in [6, 6.07) is 9.82. The number of ether oxygens (including phenoxy) is 1. The average molecular weight is 393 g/mol. The zero-order valence-corrected chi connectivity index (χ0v) is 18.7. The fraction of sp³-hybridized carbons (Fsp3) is 0.667. The third-order valence-corrected chi connectivity index (χ3v) is 10.3. The highest BCUT2D eigenvalue weighted by Crippen LogP contribution is 2.36. The van der Waals surface area contributed by atoms with Gasteiger partial charge in [0.15, 0.2) is 8.32 Å². The second-order valence-corrected chi connectivity index (χ2v) is 13.6. The van der Waals surface area contributed by atoms with E-state index in [0.717, 1.165) is 44.8 Å². The number of hydrogen-bond acceptors (Lipinski definition) is 4. The van der Waals surface area contributed by atoms with Gasteiger partial charge in [0, 0.05) is 32.8 Å². The first kappa shape index (κ1) is 21.9. The molecular weight excluding hydrogens is 356 g/mol. The lowest BCUT2D eigenvalue weighted by Gasteiger charge is -2.36. The molecule has 1 aromatic rings. The van der Waals surface area contributed by atoms with Crippen LogP contribution in [0, 0.1) is 0 Å². The third kappa shape index (κ3) is 6.94. The van der Waals surface area contributed by atoms with Gasteiger partial charge in [-0.25, -0.2) is 4.79 Å². The van der Waals surface area contributed by atoms with Crippen LogP contribution in [-0.2, 0) is 15.8 Å². The number of nitrogens with zero attached hydrogens (tertiary/aromatic N) is 2. The van der Waals surface area contributed by atoms with E-state index < -0.39 is 8.32 Å². The molecule has 0 N–H and O–H groups in total. The molecule has 152 valence electrons. The number of benzene rings is 1. The maximum absolute atomic E-state index is 12.4. The average Bonchev–Trinajstić information content (AvgIpc) is 2.85. The van der Waals surface area contributed by atoms with Crippen molar-refractivity contribution in [3.05, 3.63) is 35.9 Å². The maximum atomic E-state index is 12.4. The van der Waals surface area contributed by atoms with E-state index in [1.807, 2.05) is 35.2 Å². The predicted molar refractivity (Wildman–Crippen MR) is 112 cm³/mol. The van der Waals surface area contributed by atoms with Crippen LogP contribution in [0.25, 0.3) is 0 Å². The van der Waals surface area contributed by atoms with Crippen LogP contribution in [0.1, 0.15) is 32.8 Å². The smallest absolute Gasteiger partial charge is 0.410 e. The number of amides is 1. The summed E-state index contributed by atoms with van der Waals surface area (Å²) in [5.74, 6) is 0. The van der Waals surface area contributed by atoms with Gasteiger partial charge in [-0.3, -0.25) is 4.90 Å². The van der Waals surface area contributed by atoms with Crippen molar-refractivity contribution in [1.29, 1.82) is 0 Å². The summed E-state index contributed by atoms with van der Waals surface area (Å²) < 4.78 is 11.8. The van der Waals surface area contributed by atoms with Crippen molar-refractivity contribution < 1.29 is 14.0 Å². The molecule has 0 aliphatic carbocycles. The van der Waals surface area contributed by atoms with Gasteiger partial charge in [-0.2, -0.15) is 0 Å². The molecule has 1 aromatic carbocycles. The van der Waals surface area contributed by atoms with Crippen molar-refractivity contribution in [2.75, 3.05) is 39.3 Å². The maximum Gasteiger partial charge on any atom is 0.410 e. The van der Waals surface area contributed by atoms with E-state index in [1.54, 1.807) is 0 Å². The van der Waals surface area contributed by atoms with Gasteiger partial charge in [-0.15, -0.1) is 0 Å². The summed E-state index contributed by atoms with van der Waals surface area (Å²) in [6.07, 6.45) is 0.763. The Morgan fingerprint density at radius 2 is 1.78 bits per heavy atom. The summed E-state index contributed by atoms with van der Waals surface area (Å²) in [6.45, 7) is 16.8. The molecule has 6 heteroatoms. The number of hydrogen-bond donors (Lipinski definition) is 0. The van der Waals surface area contributed by atoms with Crippen LogP contribution >= 0.6 is 0 Å². The Bertz CT molecular complexity index is 587. The second kappa shape index (κ2) is 9.71. The van der Waals surface area contributed by atoms with Crippen LogP contribution in [-0.4, -0.2) is 63.5 Å². The molecule has 0 saturated carbocycles. The predicted octanol–water partition coefficient (Wildman–Crippen LogP) is 4.35. The first-order valence-electron chi connectivity index (χ1n) is 10.0. The summed E-state index contributed by atoms with van der Waals surface area (Å²) in [7, 11) is -1.69. The molecule has 0 atom stereocenters. The lowest BCUT2D eigenvalue weighted by Crippen LogP contribution is -2.43. The fourth-order valence-electron chi connectivity index (χ4n) is 2.83. The highest BCUT2D eigenvalue weighted by molar-refractivity contribution is 6.74. The molecule has 2 rings (SSSR count). The monoisotopic (exact) mass is 392 g/mol. The van der Waals surface area contributed by atoms with Crippen molar-refractivity contribution in [1.82, 2.24) is 9.80 Å². The lowest BCUT2D eigenvalue weighted by molar-refractivity contribution is 0.0970. The minimum absolute atomic E-state index is 0.210. The Hall–Kier alpha value is -1.37. The standard InChI is InChI=1S/C21H36N2O3Si/c1-21(2,3)27(4,5)26-17-16-22-12-9-13-23(15-14-22)20(24)25-18-19-10-7-6-8-11-19/h6-8,10-11H,9,12-18H2,1-5H3. The van der Waals surface area contributed by atoms with Crippen LogP contribution in [0.3, 0.4) is 0 Å². The van der Waals surface area contributed by atoms with E-state index in [4.69, 9.17) is 9.16 Å². The minimum Gasteiger partial charge on any atom is -0.445 e. The Morgan fingerprint density at radius 3 is 2.44 bits per heavy atom. The molecule has 5 nitrogen and oxygen atoms in total. The van der Waals surface area contributed by atoms with E-state index in [0.29, 0.717) is 13.2 Å². The molecule has 0 unspecified atom stereocenters. The first-order valence-corrected chi connectivity index (χ1v) is 12.9. The van der Waals surface area contributed by atoms with E-state index in [2.05, 4.69) is 38.8 Å². The topological polar surface area (TPSA) is 42.0 Å². The summed E-state index contributed by atoms with van der Waals surface area (Å²) in [5, 5.41) is 0.241. The molecule has 1 heterocycles. The normalized spacial score (nSPS) is 16.9. The lowest BCUT2D eigenvalue weighted by atomic mass is 10.2. The Balaban J connectivity index is 1.72. The van der Waals surface area contributed by atoms with Crippen molar-refractivity contribution in [2.24, 2.45) is 0 Å². The molecule has 0 aromatic heterocycles. The van der Waals surface area contributed by atoms with Gasteiger partial charge in [-0.1, -0.05) is 51.1 Å². The van der Waals surface area contributed by atoms with E-state index >= 15 is 0 Å². The van der Waals surface area contributed by atoms with E-state index in [-0.39, 0.29) is 11.1 Å². The van der Waals surface area contributed by atoms with Crippen molar-refractivity contribution in [3.63, 3.8) is 0 Å². The molecule has 1 amide bonds. The molecule has 1 fully saturated rings. The molecule has 0 radical (unpaired) electrons. The van der Waals surface area contributed by atoms with Crippen molar-refractivity contribution in [3.8, 4) is 0 Å². The quantitative estimate of drug-likeness (QED) is 0.675. The van der Waals surface area contributed by atoms with Gasteiger partial charge >= 0.3 is 6.09 Å². The molecule has 27 heavy (non-hydrogen) atoms. The summed E-state index contributed by atoms with van der Waals surface area (Å²) in [4.78, 5) is 16.6. The molecule has 1 aliphatic rings. The van der Waals surface area contributed by atoms with Crippen molar-refractivity contribution in [2.45, 2.75) is 51.9 Å². The van der Waals surface area contributed by atoms with Crippen LogP contribution < -0.4 is 0 Å². The SMILES string of the molecule is CC(C)(C)[Si](C)(C)OCCN1CCCN(C(=O)OCc2ccccc2)CC1. The molecular formula is C21H36N2O3Si. The molecule has 1 aliphatic heterocycles. The zero-order chi connectivity index (χ0) is 19.9. The summed E-state index contributed by atoms with van der Waals surface area (Å²) in [5.41, 5.74) is 1.02. The zero-order valence-electron chi connectivity index (χ0n) is 17.7. The molecule has 0 spiro atoms. The second-order valence-electron chi connectivity index (χ2n) is 8.83. The Morgan fingerprint density at radius 1 is 1.07 bits per heavy atom. The molecule has 0 bridgehead atoms. The van der Waals surface area contributed by atoms with E-state index in [9.17, 15) is 4.79 Å².